The predicted molar refractivity (Wildman–Crippen MR) is 64.0 cm³/mol. The van der Waals surface area contributed by atoms with Crippen molar-refractivity contribution in [3.63, 3.8) is 0 Å². The monoisotopic (exact) mass is 401 g/mol. The molecule has 0 fully saturated rings. The first kappa shape index (κ1) is 17.3. The molecule has 1 aliphatic rings. The van der Waals surface area contributed by atoms with Gasteiger partial charge in [-0.3, -0.25) is 0 Å². The number of allylic oxidation sites excluding steroid dienone is 4. The standard InChI is InChI=1S/C11H17.2ClH.Hf/c1-3-5-10-7-8-11(9-10)6-4-2;;;/h9H,3-7H2,1-2H3;2*1H;. The van der Waals surface area contributed by atoms with Crippen molar-refractivity contribution in [1.29, 1.82) is 0 Å². The van der Waals surface area contributed by atoms with Gasteiger partial charge >= 0.3 is 90.9 Å². The molecule has 0 aromatic heterocycles. The minimum atomic E-state index is 0. The summed E-state index contributed by atoms with van der Waals surface area (Å²) in [7, 11) is 0. The molecule has 0 unspecified atom stereocenters. The van der Waals surface area contributed by atoms with Gasteiger partial charge in [0, 0.05) is 0 Å². The van der Waals surface area contributed by atoms with Crippen LogP contribution in [0.25, 0.3) is 0 Å². The first-order chi connectivity index (χ1) is 5.77. The van der Waals surface area contributed by atoms with Crippen LogP contribution in [-0.4, -0.2) is 0 Å². The van der Waals surface area contributed by atoms with E-state index in [1.54, 1.807) is 14.5 Å². The van der Waals surface area contributed by atoms with Gasteiger partial charge in [0.2, 0.25) is 0 Å². The average Bonchev–Trinajstić information content (AvgIpc) is 2.34. The third kappa shape index (κ3) is 5.14. The smallest absolute Gasteiger partial charge is 0.147 e. The van der Waals surface area contributed by atoms with Gasteiger partial charge in [0.1, 0.15) is 0 Å². The van der Waals surface area contributed by atoms with Crippen LogP contribution < -0.4 is 0 Å². The van der Waals surface area contributed by atoms with E-state index in [9.17, 15) is 0 Å². The second-order valence-corrected chi connectivity index (χ2v) is 5.65. The van der Waals surface area contributed by atoms with Crippen molar-refractivity contribution in [2.75, 3.05) is 0 Å². The fourth-order valence-electron chi connectivity index (χ4n) is 1.70. The molecule has 0 amide bonds. The molecule has 1 aliphatic carbocycles. The van der Waals surface area contributed by atoms with Gasteiger partial charge in [0.25, 0.3) is 0 Å². The summed E-state index contributed by atoms with van der Waals surface area (Å²) in [5.74, 6) is 0. The molecule has 0 aromatic rings. The van der Waals surface area contributed by atoms with Crippen molar-refractivity contribution < 1.29 is 24.4 Å². The van der Waals surface area contributed by atoms with Crippen LogP contribution in [0.15, 0.2) is 20.6 Å². The molecular weight excluding hydrogens is 382 g/mol. The fourth-order valence-corrected chi connectivity index (χ4v) is 3.22. The van der Waals surface area contributed by atoms with Crippen LogP contribution in [0, 0.1) is 0 Å². The van der Waals surface area contributed by atoms with Gasteiger partial charge in [0.05, 0.1) is 0 Å². The summed E-state index contributed by atoms with van der Waals surface area (Å²) in [6.45, 7) is 4.54. The second-order valence-electron chi connectivity index (χ2n) is 3.48. The van der Waals surface area contributed by atoms with E-state index in [2.05, 4.69) is 19.9 Å². The molecule has 0 atom stereocenters. The van der Waals surface area contributed by atoms with Gasteiger partial charge in [-0.15, -0.1) is 24.8 Å². The normalized spacial score (nSPS) is 14.5. The summed E-state index contributed by atoms with van der Waals surface area (Å²) in [6, 6.07) is 0. The summed E-state index contributed by atoms with van der Waals surface area (Å²) in [6.07, 6.45) is 9.02. The van der Waals surface area contributed by atoms with Gasteiger partial charge < -0.3 is 0 Å². The number of hydrogen-bond acceptors (Lipinski definition) is 0. The van der Waals surface area contributed by atoms with E-state index in [0.717, 1.165) is 0 Å². The molecule has 0 radical (unpaired) electrons. The van der Waals surface area contributed by atoms with E-state index in [1.807, 2.05) is 0 Å². The van der Waals surface area contributed by atoms with Crippen LogP contribution in [0.1, 0.15) is 46.0 Å². The van der Waals surface area contributed by atoms with E-state index in [-0.39, 0.29) is 24.8 Å². The van der Waals surface area contributed by atoms with Crippen molar-refractivity contribution in [3.05, 3.63) is 20.6 Å². The van der Waals surface area contributed by atoms with Crippen LogP contribution in [0.4, 0.5) is 0 Å². The minimum Gasteiger partial charge on any atom is -0.147 e. The van der Waals surface area contributed by atoms with Crippen LogP contribution in [0.2, 0.25) is 0 Å². The van der Waals surface area contributed by atoms with E-state index in [0.29, 0.717) is 0 Å². The van der Waals surface area contributed by atoms with Crippen LogP contribution in [0.5, 0.6) is 0 Å². The Morgan fingerprint density at radius 3 is 2.21 bits per heavy atom. The van der Waals surface area contributed by atoms with Gasteiger partial charge in [-0.2, -0.15) is 0 Å². The summed E-state index contributed by atoms with van der Waals surface area (Å²) >= 11 is 1.27. The molecule has 0 aliphatic heterocycles. The van der Waals surface area contributed by atoms with E-state index in [4.69, 9.17) is 0 Å². The molecule has 3 heteroatoms. The largest absolute Gasteiger partial charge is 0.147 e. The molecule has 0 saturated carbocycles. The molecule has 1 rings (SSSR count). The van der Waals surface area contributed by atoms with Crippen molar-refractivity contribution in [1.82, 2.24) is 0 Å². The summed E-state index contributed by atoms with van der Waals surface area (Å²) < 4.78 is 1.75. The topological polar surface area (TPSA) is 0 Å². The number of hydrogen-bond donors (Lipinski definition) is 0. The molecule has 0 heterocycles. The third-order valence-electron chi connectivity index (χ3n) is 2.26. The fraction of sp³-hybridized carbons (Fsp3) is 0.636. The van der Waals surface area contributed by atoms with Crippen LogP contribution in [0.3, 0.4) is 0 Å². The Balaban J connectivity index is 0. The SMILES string of the molecule is CCCC1=CC(CCC)=[C]([Hf])C1.Cl.Cl. The zero-order valence-corrected chi connectivity index (χ0v) is 14.2. The maximum absolute atomic E-state index is 2.47. The molecule has 81 valence electrons. The van der Waals surface area contributed by atoms with Gasteiger partial charge in [-0.1, -0.05) is 0 Å². The van der Waals surface area contributed by atoms with E-state index < -0.39 is 0 Å². The molecular formula is C11H19Cl2Hf. The van der Waals surface area contributed by atoms with Crippen molar-refractivity contribution in [2.24, 2.45) is 0 Å². The van der Waals surface area contributed by atoms with Crippen LogP contribution in [-0.2, 0) is 24.4 Å². The quantitative estimate of drug-likeness (QED) is 0.607. The Kier molecular flexibility index (Phi) is 11.4. The van der Waals surface area contributed by atoms with Crippen LogP contribution >= 0.6 is 24.8 Å². The zero-order chi connectivity index (χ0) is 8.97. The number of rotatable bonds is 4. The molecule has 14 heavy (non-hydrogen) atoms. The molecule has 0 spiro atoms. The average molecular weight is 401 g/mol. The first-order valence-corrected chi connectivity index (χ1v) is 6.70. The Labute approximate surface area is 115 Å². The molecule has 0 aromatic carbocycles. The minimum absolute atomic E-state index is 0. The second kappa shape index (κ2) is 9.18. The van der Waals surface area contributed by atoms with Gasteiger partial charge in [-0.25, -0.2) is 0 Å². The van der Waals surface area contributed by atoms with Crippen molar-refractivity contribution >= 4 is 24.8 Å². The maximum atomic E-state index is 2.47. The van der Waals surface area contributed by atoms with Gasteiger partial charge in [-0.05, 0) is 0 Å². The molecule has 0 bridgehead atoms. The van der Waals surface area contributed by atoms with Gasteiger partial charge in [0.15, 0.2) is 0 Å². The summed E-state index contributed by atoms with van der Waals surface area (Å²) in [5, 5.41) is 0. The first-order valence-electron chi connectivity index (χ1n) is 4.91. The van der Waals surface area contributed by atoms with E-state index in [1.165, 1.54) is 56.5 Å². The molecule has 0 nitrogen and oxygen atoms in total. The van der Waals surface area contributed by atoms with E-state index >= 15 is 0 Å². The Hall–Kier alpha value is 0.930. The third-order valence-corrected chi connectivity index (χ3v) is 4.05. The zero-order valence-electron chi connectivity index (χ0n) is 8.93. The Morgan fingerprint density at radius 2 is 1.71 bits per heavy atom. The van der Waals surface area contributed by atoms with Crippen molar-refractivity contribution in [3.8, 4) is 0 Å². The Morgan fingerprint density at radius 1 is 1.14 bits per heavy atom. The molecule has 0 saturated heterocycles. The number of halogens is 2. The maximum Gasteiger partial charge on any atom is -0.147 e. The predicted octanol–water partition coefficient (Wildman–Crippen LogP) is 4.56. The van der Waals surface area contributed by atoms with Crippen molar-refractivity contribution in [2.45, 2.75) is 46.0 Å². The summed E-state index contributed by atoms with van der Waals surface area (Å²) in [4.78, 5) is 0. The molecule has 0 N–H and O–H groups in total. The Bertz CT molecular complexity index is 219. The summed E-state index contributed by atoms with van der Waals surface area (Å²) in [5.41, 5.74) is 3.36.